The summed E-state index contributed by atoms with van der Waals surface area (Å²) in [6.07, 6.45) is 0.637. The molecule has 0 fully saturated rings. The van der Waals surface area contributed by atoms with Crippen molar-refractivity contribution < 1.29 is 8.42 Å². The van der Waals surface area contributed by atoms with Gasteiger partial charge in [-0.3, -0.25) is 0 Å². The zero-order valence-electron chi connectivity index (χ0n) is 12.3. The van der Waals surface area contributed by atoms with Crippen LogP contribution < -0.4 is 5.73 Å². The van der Waals surface area contributed by atoms with Crippen molar-refractivity contribution in [2.24, 2.45) is 0 Å². The lowest BCUT2D eigenvalue weighted by atomic mass is 10.1. The van der Waals surface area contributed by atoms with E-state index in [4.69, 9.17) is 5.73 Å². The first-order valence-electron chi connectivity index (χ1n) is 6.60. The maximum atomic E-state index is 12.7. The second-order valence-electron chi connectivity index (χ2n) is 4.84. The molecular weight excluding hydrogens is 306 g/mol. The highest BCUT2D eigenvalue weighted by Crippen LogP contribution is 2.24. The van der Waals surface area contributed by atoms with E-state index in [2.05, 4.69) is 4.98 Å². The van der Waals surface area contributed by atoms with E-state index in [1.165, 1.54) is 21.7 Å². The number of sulfonamides is 1. The zero-order chi connectivity index (χ0) is 15.6. The standard InChI is InChI=1S/C14H19N3O2S2/c1-4-11-5-6-12(15)7-14(11)21(18,19)17(3)8-13-9-20-10(2)16-13/h5-7,9H,4,8,15H2,1-3H3. The van der Waals surface area contributed by atoms with Gasteiger partial charge in [-0.05, 0) is 31.0 Å². The van der Waals surface area contributed by atoms with Crippen LogP contribution in [0.25, 0.3) is 0 Å². The maximum absolute atomic E-state index is 12.7. The average Bonchev–Trinajstić information content (AvgIpc) is 2.84. The summed E-state index contributed by atoms with van der Waals surface area (Å²) in [4.78, 5) is 4.58. The Hall–Kier alpha value is -1.44. The molecule has 1 aromatic carbocycles. The van der Waals surface area contributed by atoms with Gasteiger partial charge in [0.2, 0.25) is 10.0 Å². The summed E-state index contributed by atoms with van der Waals surface area (Å²) in [5, 5.41) is 2.80. The number of hydrogen-bond acceptors (Lipinski definition) is 5. The van der Waals surface area contributed by atoms with Crippen molar-refractivity contribution in [2.45, 2.75) is 31.7 Å². The van der Waals surface area contributed by atoms with E-state index in [0.29, 0.717) is 12.1 Å². The number of aryl methyl sites for hydroxylation is 2. The van der Waals surface area contributed by atoms with E-state index in [1.54, 1.807) is 19.2 Å². The second kappa shape index (κ2) is 6.13. The van der Waals surface area contributed by atoms with Crippen molar-refractivity contribution in [2.75, 3.05) is 12.8 Å². The fourth-order valence-corrected chi connectivity index (χ4v) is 4.14. The molecule has 1 heterocycles. The van der Waals surface area contributed by atoms with Gasteiger partial charge in [0.15, 0.2) is 0 Å². The van der Waals surface area contributed by atoms with Crippen molar-refractivity contribution in [3.63, 3.8) is 0 Å². The molecule has 0 aliphatic rings. The van der Waals surface area contributed by atoms with Crippen LogP contribution in [0.5, 0.6) is 0 Å². The van der Waals surface area contributed by atoms with E-state index in [1.807, 2.05) is 19.2 Å². The number of nitrogen functional groups attached to an aromatic ring is 1. The van der Waals surface area contributed by atoms with E-state index in [-0.39, 0.29) is 11.4 Å². The molecule has 0 unspecified atom stereocenters. The molecule has 2 rings (SSSR count). The molecule has 0 spiro atoms. The third-order valence-corrected chi connectivity index (χ3v) is 5.92. The van der Waals surface area contributed by atoms with Crippen LogP contribution in [0.4, 0.5) is 5.69 Å². The van der Waals surface area contributed by atoms with Gasteiger partial charge in [0.05, 0.1) is 22.1 Å². The van der Waals surface area contributed by atoms with Gasteiger partial charge < -0.3 is 5.73 Å². The molecule has 5 nitrogen and oxygen atoms in total. The molecule has 0 atom stereocenters. The molecule has 0 radical (unpaired) electrons. The highest BCUT2D eigenvalue weighted by Gasteiger charge is 2.24. The van der Waals surface area contributed by atoms with Gasteiger partial charge in [-0.15, -0.1) is 11.3 Å². The Labute approximate surface area is 129 Å². The number of aromatic nitrogens is 1. The molecule has 0 aliphatic carbocycles. The number of thiazole rings is 1. The number of nitrogens with zero attached hydrogens (tertiary/aromatic N) is 2. The Morgan fingerprint density at radius 2 is 2.10 bits per heavy atom. The molecule has 0 bridgehead atoms. The topological polar surface area (TPSA) is 76.3 Å². The highest BCUT2D eigenvalue weighted by atomic mass is 32.2. The van der Waals surface area contributed by atoms with Gasteiger partial charge in [0.25, 0.3) is 0 Å². The Bertz CT molecular complexity index is 738. The summed E-state index contributed by atoms with van der Waals surface area (Å²) in [6, 6.07) is 5.02. The Kier molecular flexibility index (Phi) is 4.65. The van der Waals surface area contributed by atoms with Gasteiger partial charge >= 0.3 is 0 Å². The number of benzene rings is 1. The predicted octanol–water partition coefficient (Wildman–Crippen LogP) is 2.42. The van der Waals surface area contributed by atoms with Crippen molar-refractivity contribution >= 4 is 27.0 Å². The van der Waals surface area contributed by atoms with E-state index < -0.39 is 10.0 Å². The van der Waals surface area contributed by atoms with Crippen molar-refractivity contribution in [3.05, 3.63) is 39.8 Å². The largest absolute Gasteiger partial charge is 0.399 e. The van der Waals surface area contributed by atoms with Crippen LogP contribution in [0.3, 0.4) is 0 Å². The highest BCUT2D eigenvalue weighted by molar-refractivity contribution is 7.89. The first-order chi connectivity index (χ1) is 9.84. The fourth-order valence-electron chi connectivity index (χ4n) is 2.07. The Balaban J connectivity index is 2.35. The van der Waals surface area contributed by atoms with Crippen LogP contribution in [-0.4, -0.2) is 24.8 Å². The molecule has 0 amide bonds. The molecule has 114 valence electrons. The normalized spacial score (nSPS) is 12.0. The number of anilines is 1. The lowest BCUT2D eigenvalue weighted by Gasteiger charge is -2.18. The van der Waals surface area contributed by atoms with Crippen LogP contribution in [0.1, 0.15) is 23.2 Å². The van der Waals surface area contributed by atoms with Gasteiger partial charge in [-0.25, -0.2) is 13.4 Å². The summed E-state index contributed by atoms with van der Waals surface area (Å²) in [5.41, 5.74) is 7.71. The summed E-state index contributed by atoms with van der Waals surface area (Å²) in [5.74, 6) is 0. The van der Waals surface area contributed by atoms with E-state index >= 15 is 0 Å². The third-order valence-electron chi connectivity index (χ3n) is 3.21. The third kappa shape index (κ3) is 3.42. The van der Waals surface area contributed by atoms with Gasteiger partial charge in [-0.2, -0.15) is 4.31 Å². The second-order valence-corrected chi connectivity index (χ2v) is 7.92. The lowest BCUT2D eigenvalue weighted by molar-refractivity contribution is 0.462. The van der Waals surface area contributed by atoms with Crippen LogP contribution in [-0.2, 0) is 23.0 Å². The fraction of sp³-hybridized carbons (Fsp3) is 0.357. The molecule has 7 heteroatoms. The van der Waals surface area contributed by atoms with Crippen molar-refractivity contribution in [1.29, 1.82) is 0 Å². The number of hydrogen-bond donors (Lipinski definition) is 1. The van der Waals surface area contributed by atoms with E-state index in [9.17, 15) is 8.42 Å². The predicted molar refractivity (Wildman–Crippen MR) is 85.7 cm³/mol. The summed E-state index contributed by atoms with van der Waals surface area (Å²) in [6.45, 7) is 4.08. The SMILES string of the molecule is CCc1ccc(N)cc1S(=O)(=O)N(C)Cc1csc(C)n1. The van der Waals surface area contributed by atoms with Crippen LogP contribution in [0.2, 0.25) is 0 Å². The minimum absolute atomic E-state index is 0.255. The quantitative estimate of drug-likeness (QED) is 0.857. The van der Waals surface area contributed by atoms with Gasteiger partial charge in [-0.1, -0.05) is 13.0 Å². The van der Waals surface area contributed by atoms with Crippen molar-refractivity contribution in [1.82, 2.24) is 9.29 Å². The molecule has 1 aromatic heterocycles. The van der Waals surface area contributed by atoms with Gasteiger partial charge in [0, 0.05) is 18.1 Å². The summed E-state index contributed by atoms with van der Waals surface area (Å²) >= 11 is 1.51. The lowest BCUT2D eigenvalue weighted by Crippen LogP contribution is -2.27. The number of rotatable bonds is 5. The molecule has 21 heavy (non-hydrogen) atoms. The molecule has 2 N–H and O–H groups in total. The first kappa shape index (κ1) is 15.9. The molecule has 2 aromatic rings. The van der Waals surface area contributed by atoms with Crippen molar-refractivity contribution in [3.8, 4) is 0 Å². The smallest absolute Gasteiger partial charge is 0.243 e. The average molecular weight is 325 g/mol. The molecular formula is C14H19N3O2S2. The number of nitrogens with two attached hydrogens (primary N) is 1. The molecule has 0 aliphatic heterocycles. The maximum Gasteiger partial charge on any atom is 0.243 e. The monoisotopic (exact) mass is 325 g/mol. The first-order valence-corrected chi connectivity index (χ1v) is 8.92. The van der Waals surface area contributed by atoms with Crippen LogP contribution in [0, 0.1) is 6.92 Å². The van der Waals surface area contributed by atoms with E-state index in [0.717, 1.165) is 16.3 Å². The summed E-state index contributed by atoms with van der Waals surface area (Å²) < 4.78 is 26.8. The minimum atomic E-state index is -3.58. The molecule has 0 saturated carbocycles. The van der Waals surface area contributed by atoms with Crippen LogP contribution in [0.15, 0.2) is 28.5 Å². The van der Waals surface area contributed by atoms with Crippen LogP contribution >= 0.6 is 11.3 Å². The Morgan fingerprint density at radius 3 is 2.67 bits per heavy atom. The molecule has 0 saturated heterocycles. The summed E-state index contributed by atoms with van der Waals surface area (Å²) in [7, 11) is -2.01. The Morgan fingerprint density at radius 1 is 1.38 bits per heavy atom. The minimum Gasteiger partial charge on any atom is -0.399 e. The zero-order valence-corrected chi connectivity index (χ0v) is 14.0. The van der Waals surface area contributed by atoms with Gasteiger partial charge in [0.1, 0.15) is 0 Å².